The minimum atomic E-state index is 0.00218. The lowest BCUT2D eigenvalue weighted by Gasteiger charge is -2.02. The van der Waals surface area contributed by atoms with E-state index in [1.807, 2.05) is 29.8 Å². The molecule has 0 atom stereocenters. The largest absolute Gasteiger partial charge is 0.351 e. The van der Waals surface area contributed by atoms with Crippen LogP contribution in [0.4, 0.5) is 0 Å². The summed E-state index contributed by atoms with van der Waals surface area (Å²) in [5.41, 5.74) is 2.24. The zero-order chi connectivity index (χ0) is 14.7. The van der Waals surface area contributed by atoms with Crippen molar-refractivity contribution in [2.24, 2.45) is 0 Å². The molecule has 4 nitrogen and oxygen atoms in total. The van der Waals surface area contributed by atoms with E-state index in [1.54, 1.807) is 0 Å². The minimum absolute atomic E-state index is 0.00218. The molecule has 3 rings (SSSR count). The standard InChI is InChI=1S/C16H17N3OS/c1-2-19-11-12(13-5-3-8-17-15(13)19)7-9-18-16(20)14-6-4-10-21-14/h3-6,8,10-11H,2,7,9H2,1H3,(H,18,20). The summed E-state index contributed by atoms with van der Waals surface area (Å²) >= 11 is 1.46. The molecule has 108 valence electrons. The maximum atomic E-state index is 11.9. The number of nitrogens with zero attached hydrogens (tertiary/aromatic N) is 2. The van der Waals surface area contributed by atoms with Crippen molar-refractivity contribution in [1.29, 1.82) is 0 Å². The number of aryl methyl sites for hydroxylation is 1. The maximum Gasteiger partial charge on any atom is 0.261 e. The van der Waals surface area contributed by atoms with Crippen LogP contribution < -0.4 is 5.32 Å². The van der Waals surface area contributed by atoms with Gasteiger partial charge in [0.05, 0.1) is 4.88 Å². The lowest BCUT2D eigenvalue weighted by molar-refractivity contribution is 0.0958. The molecule has 0 saturated carbocycles. The Morgan fingerprint density at radius 2 is 2.29 bits per heavy atom. The van der Waals surface area contributed by atoms with Gasteiger partial charge in [-0.05, 0) is 42.5 Å². The summed E-state index contributed by atoms with van der Waals surface area (Å²) in [6.45, 7) is 3.64. The lowest BCUT2D eigenvalue weighted by atomic mass is 10.1. The fourth-order valence-electron chi connectivity index (χ4n) is 2.44. The highest BCUT2D eigenvalue weighted by Gasteiger charge is 2.09. The summed E-state index contributed by atoms with van der Waals surface area (Å²) < 4.78 is 2.14. The molecule has 5 heteroatoms. The molecule has 0 radical (unpaired) electrons. The van der Waals surface area contributed by atoms with E-state index in [0.717, 1.165) is 23.5 Å². The zero-order valence-corrected chi connectivity index (χ0v) is 12.7. The minimum Gasteiger partial charge on any atom is -0.351 e. The second-order valence-corrected chi connectivity index (χ2v) is 5.75. The monoisotopic (exact) mass is 299 g/mol. The van der Waals surface area contributed by atoms with E-state index in [2.05, 4.69) is 34.1 Å². The van der Waals surface area contributed by atoms with E-state index < -0.39 is 0 Å². The molecule has 0 bridgehead atoms. The van der Waals surface area contributed by atoms with Gasteiger partial charge < -0.3 is 9.88 Å². The van der Waals surface area contributed by atoms with Crippen LogP contribution in [-0.2, 0) is 13.0 Å². The number of nitrogens with one attached hydrogen (secondary N) is 1. The van der Waals surface area contributed by atoms with E-state index in [9.17, 15) is 4.79 Å². The number of carbonyl (C=O) groups is 1. The molecular weight excluding hydrogens is 282 g/mol. The first-order valence-electron chi connectivity index (χ1n) is 7.04. The van der Waals surface area contributed by atoms with Gasteiger partial charge in [-0.15, -0.1) is 11.3 Å². The Bertz CT molecular complexity index is 746. The number of carbonyl (C=O) groups excluding carboxylic acids is 1. The van der Waals surface area contributed by atoms with Gasteiger partial charge in [-0.3, -0.25) is 4.79 Å². The fraction of sp³-hybridized carbons (Fsp3) is 0.250. The van der Waals surface area contributed by atoms with Gasteiger partial charge in [-0.1, -0.05) is 6.07 Å². The van der Waals surface area contributed by atoms with Crippen molar-refractivity contribution in [3.63, 3.8) is 0 Å². The van der Waals surface area contributed by atoms with Crippen molar-refractivity contribution < 1.29 is 4.79 Å². The molecule has 3 aromatic rings. The van der Waals surface area contributed by atoms with Gasteiger partial charge in [0, 0.05) is 30.9 Å². The first-order chi connectivity index (χ1) is 10.3. The Kier molecular flexibility index (Phi) is 4.01. The summed E-state index contributed by atoms with van der Waals surface area (Å²) in [5.74, 6) is 0.00218. The van der Waals surface area contributed by atoms with E-state index in [4.69, 9.17) is 0 Å². The van der Waals surface area contributed by atoms with Crippen LogP contribution in [0.25, 0.3) is 11.0 Å². The third kappa shape index (κ3) is 2.83. The van der Waals surface area contributed by atoms with Crippen LogP contribution in [0, 0.1) is 0 Å². The molecule has 0 aliphatic carbocycles. The molecule has 21 heavy (non-hydrogen) atoms. The van der Waals surface area contributed by atoms with E-state index in [-0.39, 0.29) is 5.91 Å². The van der Waals surface area contributed by atoms with Gasteiger partial charge in [-0.2, -0.15) is 0 Å². The molecule has 0 aromatic carbocycles. The molecule has 1 N–H and O–H groups in total. The number of hydrogen-bond acceptors (Lipinski definition) is 3. The highest BCUT2D eigenvalue weighted by Crippen LogP contribution is 2.19. The quantitative estimate of drug-likeness (QED) is 0.787. The van der Waals surface area contributed by atoms with E-state index in [0.29, 0.717) is 6.54 Å². The van der Waals surface area contributed by atoms with Crippen LogP contribution >= 0.6 is 11.3 Å². The Morgan fingerprint density at radius 3 is 3.05 bits per heavy atom. The van der Waals surface area contributed by atoms with Crippen molar-refractivity contribution in [3.05, 3.63) is 52.5 Å². The highest BCUT2D eigenvalue weighted by atomic mass is 32.1. The van der Waals surface area contributed by atoms with Crippen molar-refractivity contribution in [2.45, 2.75) is 19.9 Å². The maximum absolute atomic E-state index is 11.9. The van der Waals surface area contributed by atoms with Crippen LogP contribution in [0.3, 0.4) is 0 Å². The van der Waals surface area contributed by atoms with Gasteiger partial charge in [0.2, 0.25) is 0 Å². The van der Waals surface area contributed by atoms with Gasteiger partial charge in [0.15, 0.2) is 0 Å². The van der Waals surface area contributed by atoms with Crippen LogP contribution in [0.1, 0.15) is 22.2 Å². The number of fused-ring (bicyclic) bond motifs is 1. The van der Waals surface area contributed by atoms with Crippen molar-refractivity contribution in [1.82, 2.24) is 14.9 Å². The summed E-state index contributed by atoms with van der Waals surface area (Å²) in [4.78, 5) is 17.1. The van der Waals surface area contributed by atoms with Crippen molar-refractivity contribution in [2.75, 3.05) is 6.54 Å². The predicted molar refractivity (Wildman–Crippen MR) is 85.8 cm³/mol. The third-order valence-electron chi connectivity index (χ3n) is 3.48. The number of amides is 1. The van der Waals surface area contributed by atoms with E-state index >= 15 is 0 Å². The van der Waals surface area contributed by atoms with Crippen LogP contribution in [0.5, 0.6) is 0 Å². The molecular formula is C16H17N3OS. The predicted octanol–water partition coefficient (Wildman–Crippen LogP) is 3.09. The van der Waals surface area contributed by atoms with Crippen molar-refractivity contribution >= 4 is 28.3 Å². The van der Waals surface area contributed by atoms with Crippen LogP contribution in [0.2, 0.25) is 0 Å². The number of pyridine rings is 1. The molecule has 3 heterocycles. The number of aromatic nitrogens is 2. The number of thiophene rings is 1. The summed E-state index contributed by atoms with van der Waals surface area (Å²) in [6.07, 6.45) is 4.76. The first-order valence-corrected chi connectivity index (χ1v) is 7.92. The summed E-state index contributed by atoms with van der Waals surface area (Å²) in [5, 5.41) is 6.05. The average Bonchev–Trinajstić information content (AvgIpc) is 3.15. The van der Waals surface area contributed by atoms with Gasteiger partial charge in [0.25, 0.3) is 5.91 Å². The molecule has 0 saturated heterocycles. The van der Waals surface area contributed by atoms with Crippen molar-refractivity contribution in [3.8, 4) is 0 Å². The SMILES string of the molecule is CCn1cc(CCNC(=O)c2cccs2)c2cccnc21. The van der Waals surface area contributed by atoms with E-state index in [1.165, 1.54) is 22.3 Å². The number of hydrogen-bond donors (Lipinski definition) is 1. The second kappa shape index (κ2) is 6.10. The zero-order valence-electron chi connectivity index (χ0n) is 11.9. The average molecular weight is 299 g/mol. The van der Waals surface area contributed by atoms with Gasteiger partial charge in [-0.25, -0.2) is 4.98 Å². The summed E-state index contributed by atoms with van der Waals surface area (Å²) in [7, 11) is 0. The molecule has 0 unspecified atom stereocenters. The molecule has 0 fully saturated rings. The first kappa shape index (κ1) is 13.8. The van der Waals surface area contributed by atoms with Crippen LogP contribution in [-0.4, -0.2) is 22.0 Å². The van der Waals surface area contributed by atoms with Gasteiger partial charge in [0.1, 0.15) is 5.65 Å². The third-order valence-corrected chi connectivity index (χ3v) is 4.35. The molecule has 0 aliphatic heterocycles. The smallest absolute Gasteiger partial charge is 0.261 e. The topological polar surface area (TPSA) is 46.9 Å². The van der Waals surface area contributed by atoms with Gasteiger partial charge >= 0.3 is 0 Å². The van der Waals surface area contributed by atoms with Crippen LogP contribution in [0.15, 0.2) is 42.0 Å². The fourth-order valence-corrected chi connectivity index (χ4v) is 3.08. The molecule has 1 amide bonds. The lowest BCUT2D eigenvalue weighted by Crippen LogP contribution is -2.24. The number of rotatable bonds is 5. The molecule has 3 aromatic heterocycles. The highest BCUT2D eigenvalue weighted by molar-refractivity contribution is 7.12. The Balaban J connectivity index is 1.70. The second-order valence-electron chi connectivity index (χ2n) is 4.80. The Labute approximate surface area is 127 Å². The molecule has 0 aliphatic rings. The normalized spacial score (nSPS) is 10.9. The Morgan fingerprint density at radius 1 is 1.38 bits per heavy atom. The Hall–Kier alpha value is -2.14. The molecule has 0 spiro atoms. The summed E-state index contributed by atoms with van der Waals surface area (Å²) in [6, 6.07) is 7.77.